The maximum atomic E-state index is 5.62. The molecule has 0 aliphatic carbocycles. The first kappa shape index (κ1) is 14.3. The van der Waals surface area contributed by atoms with E-state index in [9.17, 15) is 0 Å². The molecule has 0 amide bonds. The predicted octanol–water partition coefficient (Wildman–Crippen LogP) is 4.45. The number of aryl methyl sites for hydroxylation is 2. The second-order valence-corrected chi connectivity index (χ2v) is 6.10. The van der Waals surface area contributed by atoms with Crippen molar-refractivity contribution < 1.29 is 9.47 Å². The molecular formula is C17H18BrNO2. The topological polar surface area (TPSA) is 30.5 Å². The minimum atomic E-state index is 0.602. The molecule has 110 valence electrons. The van der Waals surface area contributed by atoms with E-state index in [-0.39, 0.29) is 0 Å². The minimum Gasteiger partial charge on any atom is -0.486 e. The summed E-state index contributed by atoms with van der Waals surface area (Å²) in [5.74, 6) is 1.59. The summed E-state index contributed by atoms with van der Waals surface area (Å²) in [5.41, 5.74) is 4.91. The zero-order chi connectivity index (χ0) is 14.8. The van der Waals surface area contributed by atoms with E-state index >= 15 is 0 Å². The number of fused-ring (bicyclic) bond motifs is 1. The van der Waals surface area contributed by atoms with E-state index in [1.807, 2.05) is 12.1 Å². The number of halogens is 1. The van der Waals surface area contributed by atoms with Crippen LogP contribution < -0.4 is 14.8 Å². The van der Waals surface area contributed by atoms with Crippen LogP contribution in [0.5, 0.6) is 11.5 Å². The molecule has 2 aromatic carbocycles. The second kappa shape index (κ2) is 5.98. The van der Waals surface area contributed by atoms with Crippen molar-refractivity contribution in [3.05, 3.63) is 51.5 Å². The molecule has 1 aliphatic rings. The van der Waals surface area contributed by atoms with E-state index in [2.05, 4.69) is 53.3 Å². The summed E-state index contributed by atoms with van der Waals surface area (Å²) >= 11 is 3.58. The second-order valence-electron chi connectivity index (χ2n) is 5.25. The van der Waals surface area contributed by atoms with Gasteiger partial charge in [-0.3, -0.25) is 0 Å². The molecule has 3 rings (SSSR count). The van der Waals surface area contributed by atoms with Crippen LogP contribution in [0.25, 0.3) is 0 Å². The van der Waals surface area contributed by atoms with Gasteiger partial charge in [0.1, 0.15) is 13.2 Å². The van der Waals surface area contributed by atoms with Crippen molar-refractivity contribution in [1.29, 1.82) is 0 Å². The number of rotatable bonds is 3. The first-order valence-corrected chi connectivity index (χ1v) is 7.82. The van der Waals surface area contributed by atoms with Crippen LogP contribution in [-0.2, 0) is 6.54 Å². The van der Waals surface area contributed by atoms with Crippen LogP contribution in [0.2, 0.25) is 0 Å². The molecular weight excluding hydrogens is 330 g/mol. The summed E-state index contributed by atoms with van der Waals surface area (Å²) in [5, 5.41) is 3.44. The van der Waals surface area contributed by atoms with E-state index < -0.39 is 0 Å². The van der Waals surface area contributed by atoms with Gasteiger partial charge in [-0.25, -0.2) is 0 Å². The van der Waals surface area contributed by atoms with Gasteiger partial charge in [0.25, 0.3) is 0 Å². The van der Waals surface area contributed by atoms with Crippen LogP contribution in [-0.4, -0.2) is 13.2 Å². The van der Waals surface area contributed by atoms with Crippen molar-refractivity contribution in [2.75, 3.05) is 18.5 Å². The summed E-state index contributed by atoms with van der Waals surface area (Å²) in [6.45, 7) is 6.25. The Kier molecular flexibility index (Phi) is 4.06. The van der Waals surface area contributed by atoms with E-state index in [0.29, 0.717) is 13.2 Å². The molecule has 4 heteroatoms. The monoisotopic (exact) mass is 347 g/mol. The average molecular weight is 348 g/mol. The largest absolute Gasteiger partial charge is 0.486 e. The molecule has 3 nitrogen and oxygen atoms in total. The van der Waals surface area contributed by atoms with Gasteiger partial charge in [-0.1, -0.05) is 18.2 Å². The van der Waals surface area contributed by atoms with Crippen LogP contribution >= 0.6 is 15.9 Å². The molecule has 1 aliphatic heterocycles. The van der Waals surface area contributed by atoms with Crippen LogP contribution in [0.3, 0.4) is 0 Å². The highest BCUT2D eigenvalue weighted by atomic mass is 79.9. The highest BCUT2D eigenvalue weighted by Crippen LogP contribution is 2.38. The van der Waals surface area contributed by atoms with Crippen LogP contribution in [0.15, 0.2) is 34.8 Å². The minimum absolute atomic E-state index is 0.602. The molecule has 0 saturated heterocycles. The van der Waals surface area contributed by atoms with Crippen molar-refractivity contribution in [3.63, 3.8) is 0 Å². The SMILES string of the molecule is Cc1ccc(CNc2cc3c(cc2Br)OCCO3)cc1C. The van der Waals surface area contributed by atoms with Gasteiger partial charge in [0.2, 0.25) is 0 Å². The van der Waals surface area contributed by atoms with Crippen LogP contribution in [0.4, 0.5) is 5.69 Å². The van der Waals surface area contributed by atoms with Crippen molar-refractivity contribution in [2.24, 2.45) is 0 Å². The number of benzene rings is 2. The standard InChI is InChI=1S/C17H18BrNO2/c1-11-3-4-13(7-12(11)2)10-19-15-9-17-16(8-14(15)18)20-5-6-21-17/h3-4,7-9,19H,5-6,10H2,1-2H3. The molecule has 0 radical (unpaired) electrons. The lowest BCUT2D eigenvalue weighted by atomic mass is 10.1. The Labute approximate surface area is 133 Å². The fraction of sp³-hybridized carbons (Fsp3) is 0.294. The third kappa shape index (κ3) is 3.16. The molecule has 0 spiro atoms. The maximum Gasteiger partial charge on any atom is 0.163 e. The summed E-state index contributed by atoms with van der Waals surface area (Å²) in [4.78, 5) is 0. The van der Waals surface area contributed by atoms with Gasteiger partial charge in [-0.15, -0.1) is 0 Å². The fourth-order valence-electron chi connectivity index (χ4n) is 2.31. The third-order valence-corrected chi connectivity index (χ3v) is 4.34. The Morgan fingerprint density at radius 1 is 1.00 bits per heavy atom. The number of hydrogen-bond donors (Lipinski definition) is 1. The van der Waals surface area contributed by atoms with Gasteiger partial charge in [0, 0.05) is 23.2 Å². The van der Waals surface area contributed by atoms with Crippen LogP contribution in [0, 0.1) is 13.8 Å². The Morgan fingerprint density at radius 2 is 1.71 bits per heavy atom. The number of ether oxygens (including phenoxy) is 2. The zero-order valence-corrected chi connectivity index (χ0v) is 13.8. The lowest BCUT2D eigenvalue weighted by Crippen LogP contribution is -2.15. The molecule has 0 bridgehead atoms. The molecule has 1 heterocycles. The molecule has 0 saturated carbocycles. The number of anilines is 1. The van der Waals surface area contributed by atoms with Crippen molar-refractivity contribution >= 4 is 21.6 Å². The van der Waals surface area contributed by atoms with Gasteiger partial charge in [-0.05, 0) is 46.5 Å². The predicted molar refractivity (Wildman–Crippen MR) is 88.4 cm³/mol. The highest BCUT2D eigenvalue weighted by Gasteiger charge is 2.14. The first-order chi connectivity index (χ1) is 10.1. The molecule has 2 aromatic rings. The summed E-state index contributed by atoms with van der Waals surface area (Å²) < 4.78 is 12.2. The lowest BCUT2D eigenvalue weighted by Gasteiger charge is -2.20. The van der Waals surface area contributed by atoms with Crippen LogP contribution in [0.1, 0.15) is 16.7 Å². The van der Waals surface area contributed by atoms with E-state index in [0.717, 1.165) is 28.2 Å². The molecule has 0 aromatic heterocycles. The zero-order valence-electron chi connectivity index (χ0n) is 12.2. The molecule has 21 heavy (non-hydrogen) atoms. The summed E-state index contributed by atoms with van der Waals surface area (Å²) in [7, 11) is 0. The quantitative estimate of drug-likeness (QED) is 0.889. The Bertz CT molecular complexity index is 670. The molecule has 1 N–H and O–H groups in total. The van der Waals surface area contributed by atoms with Crippen molar-refractivity contribution in [2.45, 2.75) is 20.4 Å². The van der Waals surface area contributed by atoms with E-state index in [4.69, 9.17) is 9.47 Å². The molecule has 0 unspecified atom stereocenters. The van der Waals surface area contributed by atoms with Crippen molar-refractivity contribution in [3.8, 4) is 11.5 Å². The van der Waals surface area contributed by atoms with E-state index in [1.54, 1.807) is 0 Å². The Balaban J connectivity index is 1.77. The average Bonchev–Trinajstić information content (AvgIpc) is 2.48. The summed E-state index contributed by atoms with van der Waals surface area (Å²) in [6.07, 6.45) is 0. The maximum absolute atomic E-state index is 5.62. The van der Waals surface area contributed by atoms with Gasteiger partial charge in [-0.2, -0.15) is 0 Å². The highest BCUT2D eigenvalue weighted by molar-refractivity contribution is 9.10. The normalized spacial score (nSPS) is 13.1. The number of hydrogen-bond acceptors (Lipinski definition) is 3. The van der Waals surface area contributed by atoms with Gasteiger partial charge in [0.15, 0.2) is 11.5 Å². The lowest BCUT2D eigenvalue weighted by molar-refractivity contribution is 0.171. The van der Waals surface area contributed by atoms with E-state index in [1.165, 1.54) is 16.7 Å². The Hall–Kier alpha value is -1.68. The number of nitrogens with one attached hydrogen (secondary N) is 1. The fourth-order valence-corrected chi connectivity index (χ4v) is 2.77. The molecule has 0 fully saturated rings. The van der Waals surface area contributed by atoms with Gasteiger partial charge < -0.3 is 14.8 Å². The van der Waals surface area contributed by atoms with Crippen molar-refractivity contribution in [1.82, 2.24) is 0 Å². The smallest absolute Gasteiger partial charge is 0.163 e. The summed E-state index contributed by atoms with van der Waals surface area (Å²) in [6, 6.07) is 10.5. The third-order valence-electron chi connectivity index (χ3n) is 3.69. The Morgan fingerprint density at radius 3 is 2.43 bits per heavy atom. The molecule has 0 atom stereocenters. The van der Waals surface area contributed by atoms with Gasteiger partial charge >= 0.3 is 0 Å². The first-order valence-electron chi connectivity index (χ1n) is 7.02. The van der Waals surface area contributed by atoms with Gasteiger partial charge in [0.05, 0.1) is 5.69 Å².